The van der Waals surface area contributed by atoms with Crippen molar-refractivity contribution < 1.29 is 4.79 Å². The molecule has 88 valence electrons. The van der Waals surface area contributed by atoms with E-state index in [0.717, 1.165) is 12.8 Å². The van der Waals surface area contributed by atoms with Crippen molar-refractivity contribution in [2.45, 2.75) is 46.6 Å². The number of amides is 1. The predicted octanol–water partition coefficient (Wildman–Crippen LogP) is 2.80. The average molecular weight is 232 g/mol. The van der Waals surface area contributed by atoms with Crippen LogP contribution in [0, 0.1) is 17.3 Å². The number of alkyl halides is 1. The summed E-state index contributed by atoms with van der Waals surface area (Å²) >= 11 is 5.76. The van der Waals surface area contributed by atoms with Gasteiger partial charge in [0.25, 0.3) is 0 Å². The zero-order valence-corrected chi connectivity index (χ0v) is 10.9. The number of nitrogens with one attached hydrogen (secondary N) is 1. The molecule has 3 atom stereocenters. The molecule has 15 heavy (non-hydrogen) atoms. The van der Waals surface area contributed by atoms with Crippen molar-refractivity contribution in [1.29, 1.82) is 0 Å². The maximum Gasteiger partial charge on any atom is 0.223 e. The molecule has 1 rings (SSSR count). The lowest BCUT2D eigenvalue weighted by Gasteiger charge is -2.31. The van der Waals surface area contributed by atoms with E-state index in [1.54, 1.807) is 0 Å². The van der Waals surface area contributed by atoms with E-state index in [0.29, 0.717) is 11.8 Å². The quantitative estimate of drug-likeness (QED) is 0.741. The Bertz CT molecular complexity index is 234. The maximum absolute atomic E-state index is 11.8. The highest BCUT2D eigenvalue weighted by Crippen LogP contribution is 2.38. The minimum atomic E-state index is 0.0860. The molecule has 1 aliphatic rings. The Morgan fingerprint density at radius 1 is 1.53 bits per heavy atom. The summed E-state index contributed by atoms with van der Waals surface area (Å²) in [6.07, 6.45) is 1.89. The average Bonchev–Trinajstić information content (AvgIpc) is 2.80. The number of rotatable bonds is 4. The molecule has 3 heteroatoms. The SMILES string of the molecule is CC1CC1C(=O)NC(CCCl)C(C)(C)C. The van der Waals surface area contributed by atoms with Gasteiger partial charge in [-0.3, -0.25) is 4.79 Å². The number of hydrogen-bond acceptors (Lipinski definition) is 1. The Hall–Kier alpha value is -0.240. The van der Waals surface area contributed by atoms with Crippen molar-refractivity contribution in [1.82, 2.24) is 5.32 Å². The molecular formula is C12H22ClNO. The molecule has 1 aliphatic carbocycles. The summed E-state index contributed by atoms with van der Waals surface area (Å²) in [7, 11) is 0. The van der Waals surface area contributed by atoms with Crippen LogP contribution in [-0.2, 0) is 4.79 Å². The molecule has 1 N–H and O–H groups in total. The second-order valence-corrected chi connectivity index (χ2v) is 6.10. The third kappa shape index (κ3) is 3.67. The lowest BCUT2D eigenvalue weighted by molar-refractivity contribution is -0.124. The first-order valence-electron chi connectivity index (χ1n) is 5.72. The molecule has 1 saturated carbocycles. The highest BCUT2D eigenvalue weighted by Gasteiger charge is 2.40. The van der Waals surface area contributed by atoms with Crippen molar-refractivity contribution in [3.05, 3.63) is 0 Å². The summed E-state index contributed by atoms with van der Waals surface area (Å²) in [4.78, 5) is 11.8. The van der Waals surface area contributed by atoms with Crippen LogP contribution < -0.4 is 5.32 Å². The molecule has 0 radical (unpaired) electrons. The van der Waals surface area contributed by atoms with Gasteiger partial charge in [0.05, 0.1) is 0 Å². The van der Waals surface area contributed by atoms with Gasteiger partial charge in [-0.25, -0.2) is 0 Å². The van der Waals surface area contributed by atoms with Gasteiger partial charge < -0.3 is 5.32 Å². The van der Waals surface area contributed by atoms with Gasteiger partial charge in [-0.15, -0.1) is 11.6 Å². The van der Waals surface area contributed by atoms with E-state index < -0.39 is 0 Å². The number of halogens is 1. The topological polar surface area (TPSA) is 29.1 Å². The highest BCUT2D eigenvalue weighted by molar-refractivity contribution is 6.17. The van der Waals surface area contributed by atoms with Crippen molar-refractivity contribution in [2.75, 3.05) is 5.88 Å². The van der Waals surface area contributed by atoms with Crippen LogP contribution in [0.5, 0.6) is 0 Å². The first-order chi connectivity index (χ1) is 6.86. The first-order valence-corrected chi connectivity index (χ1v) is 6.26. The zero-order valence-electron chi connectivity index (χ0n) is 10.1. The van der Waals surface area contributed by atoms with Crippen LogP contribution in [0.2, 0.25) is 0 Å². The van der Waals surface area contributed by atoms with Crippen LogP contribution in [0.25, 0.3) is 0 Å². The molecule has 0 aromatic heterocycles. The summed E-state index contributed by atoms with van der Waals surface area (Å²) in [5.74, 6) is 1.64. The molecule has 0 aliphatic heterocycles. The van der Waals surface area contributed by atoms with Crippen LogP contribution in [0.4, 0.5) is 0 Å². The Balaban J connectivity index is 2.47. The van der Waals surface area contributed by atoms with Crippen molar-refractivity contribution in [2.24, 2.45) is 17.3 Å². The zero-order chi connectivity index (χ0) is 11.6. The van der Waals surface area contributed by atoms with Gasteiger partial charge >= 0.3 is 0 Å². The van der Waals surface area contributed by atoms with E-state index in [9.17, 15) is 4.79 Å². The van der Waals surface area contributed by atoms with E-state index in [2.05, 4.69) is 33.0 Å². The fourth-order valence-electron chi connectivity index (χ4n) is 1.80. The molecule has 0 bridgehead atoms. The molecular weight excluding hydrogens is 210 g/mol. The van der Waals surface area contributed by atoms with Crippen molar-refractivity contribution in [3.63, 3.8) is 0 Å². The number of carbonyl (C=O) groups excluding carboxylic acids is 1. The summed E-state index contributed by atoms with van der Waals surface area (Å²) in [5.41, 5.74) is 0.0860. The van der Waals surface area contributed by atoms with Crippen molar-refractivity contribution in [3.8, 4) is 0 Å². The van der Waals surface area contributed by atoms with Gasteiger partial charge in [0.2, 0.25) is 5.91 Å². The minimum absolute atomic E-state index is 0.0860. The lowest BCUT2D eigenvalue weighted by Crippen LogP contribution is -2.44. The fraction of sp³-hybridized carbons (Fsp3) is 0.917. The minimum Gasteiger partial charge on any atom is -0.353 e. The van der Waals surface area contributed by atoms with Gasteiger partial charge in [0.1, 0.15) is 0 Å². The fourth-order valence-corrected chi connectivity index (χ4v) is 2.02. The molecule has 1 amide bonds. The molecule has 2 nitrogen and oxygen atoms in total. The molecule has 0 spiro atoms. The van der Waals surface area contributed by atoms with E-state index >= 15 is 0 Å². The summed E-state index contributed by atoms with van der Waals surface area (Å²) < 4.78 is 0. The molecule has 0 heterocycles. The van der Waals surface area contributed by atoms with E-state index in [1.165, 1.54) is 0 Å². The Labute approximate surface area is 97.8 Å². The van der Waals surface area contributed by atoms with Crippen molar-refractivity contribution >= 4 is 17.5 Å². The van der Waals surface area contributed by atoms with Gasteiger partial charge in [-0.05, 0) is 24.2 Å². The summed E-state index contributed by atoms with van der Waals surface area (Å²) in [6.45, 7) is 8.54. The van der Waals surface area contributed by atoms with Crippen LogP contribution in [0.3, 0.4) is 0 Å². The van der Waals surface area contributed by atoms with Crippen LogP contribution in [0.15, 0.2) is 0 Å². The van der Waals surface area contributed by atoms with Crippen LogP contribution in [-0.4, -0.2) is 17.8 Å². The smallest absolute Gasteiger partial charge is 0.223 e. The van der Waals surface area contributed by atoms with Crippen LogP contribution >= 0.6 is 11.6 Å². The Morgan fingerprint density at radius 2 is 2.07 bits per heavy atom. The largest absolute Gasteiger partial charge is 0.353 e. The molecule has 1 fully saturated rings. The standard InChI is InChI=1S/C12H22ClNO/c1-8-7-9(8)11(15)14-10(5-6-13)12(2,3)4/h8-10H,5-7H2,1-4H3,(H,14,15). The highest BCUT2D eigenvalue weighted by atomic mass is 35.5. The molecule has 0 saturated heterocycles. The third-order valence-electron chi connectivity index (χ3n) is 3.21. The second kappa shape index (κ2) is 4.73. The Kier molecular flexibility index (Phi) is 4.05. The Morgan fingerprint density at radius 3 is 2.40 bits per heavy atom. The number of carbonyl (C=O) groups is 1. The van der Waals surface area contributed by atoms with E-state index in [1.807, 2.05) is 0 Å². The maximum atomic E-state index is 11.8. The summed E-state index contributed by atoms with van der Waals surface area (Å²) in [5, 5.41) is 3.13. The summed E-state index contributed by atoms with van der Waals surface area (Å²) in [6, 6.07) is 0.190. The van der Waals surface area contributed by atoms with Gasteiger partial charge in [0.15, 0.2) is 0 Å². The molecule has 0 aromatic rings. The van der Waals surface area contributed by atoms with Gasteiger partial charge in [0, 0.05) is 17.8 Å². The van der Waals surface area contributed by atoms with Crippen LogP contribution in [0.1, 0.15) is 40.5 Å². The monoisotopic (exact) mass is 231 g/mol. The third-order valence-corrected chi connectivity index (χ3v) is 3.42. The van der Waals surface area contributed by atoms with Gasteiger partial charge in [-0.2, -0.15) is 0 Å². The molecule has 0 aromatic carbocycles. The lowest BCUT2D eigenvalue weighted by atomic mass is 9.85. The van der Waals surface area contributed by atoms with Gasteiger partial charge in [-0.1, -0.05) is 27.7 Å². The van der Waals surface area contributed by atoms with E-state index in [4.69, 9.17) is 11.6 Å². The first kappa shape index (κ1) is 12.8. The second-order valence-electron chi connectivity index (χ2n) is 5.72. The normalized spacial score (nSPS) is 27.3. The predicted molar refractivity (Wildman–Crippen MR) is 64.0 cm³/mol. The van der Waals surface area contributed by atoms with E-state index in [-0.39, 0.29) is 23.3 Å². The molecule has 3 unspecified atom stereocenters. The number of hydrogen-bond donors (Lipinski definition) is 1.